The molecule has 1 heterocycles. The Balaban J connectivity index is 2.13. The van der Waals surface area contributed by atoms with Crippen molar-refractivity contribution in [1.29, 1.82) is 0 Å². The van der Waals surface area contributed by atoms with Gasteiger partial charge in [-0.25, -0.2) is 13.8 Å². The topological polar surface area (TPSA) is 41.5 Å². The number of anilines is 1. The molecule has 5 heteroatoms. The molecule has 100 valence electrons. The maximum Gasteiger partial charge on any atom is 0.275 e. The van der Waals surface area contributed by atoms with Crippen LogP contribution in [0.1, 0.15) is 11.1 Å². The average Bonchev–Trinajstić information content (AvgIpc) is 2.69. The summed E-state index contributed by atoms with van der Waals surface area (Å²) < 4.78 is 26.5. The van der Waals surface area contributed by atoms with Gasteiger partial charge in [0, 0.05) is 11.6 Å². The number of hydrogen-bond acceptors (Lipinski definition) is 2. The fourth-order valence-electron chi connectivity index (χ4n) is 2.07. The molecule has 0 spiro atoms. The van der Waals surface area contributed by atoms with Crippen molar-refractivity contribution < 1.29 is 13.6 Å². The summed E-state index contributed by atoms with van der Waals surface area (Å²) in [5.41, 5.74) is 2.30. The summed E-state index contributed by atoms with van der Waals surface area (Å²) in [6.07, 6.45) is 0. The summed E-state index contributed by atoms with van der Waals surface area (Å²) in [6, 6.07) is 8.48. The minimum Gasteiger partial charge on any atom is -0.320 e. The zero-order chi connectivity index (χ0) is 14.3. The number of rotatable bonds is 1. The molecule has 2 aromatic carbocycles. The van der Waals surface area contributed by atoms with Crippen molar-refractivity contribution in [2.45, 2.75) is 6.92 Å². The normalized spacial score (nSPS) is 15.3. The Labute approximate surface area is 114 Å². The minimum absolute atomic E-state index is 0.0640. The molecule has 1 N–H and O–H groups in total. The molecule has 0 radical (unpaired) electrons. The summed E-state index contributed by atoms with van der Waals surface area (Å²) in [7, 11) is 0. The SMILES string of the molecule is Cc1ccc2c(c1)C(=Nc1ccc(F)cc1F)C(=O)N2. The van der Waals surface area contributed by atoms with E-state index in [0.717, 1.165) is 17.7 Å². The van der Waals surface area contributed by atoms with Gasteiger partial charge in [0.2, 0.25) is 0 Å². The average molecular weight is 272 g/mol. The van der Waals surface area contributed by atoms with E-state index in [9.17, 15) is 13.6 Å². The molecule has 0 saturated heterocycles. The molecule has 0 saturated carbocycles. The van der Waals surface area contributed by atoms with Gasteiger partial charge in [0.1, 0.15) is 11.5 Å². The largest absolute Gasteiger partial charge is 0.320 e. The third-order valence-corrected chi connectivity index (χ3v) is 3.04. The number of benzene rings is 2. The fraction of sp³-hybridized carbons (Fsp3) is 0.0667. The van der Waals surface area contributed by atoms with E-state index in [0.29, 0.717) is 11.3 Å². The highest BCUT2D eigenvalue weighted by atomic mass is 19.1. The number of fused-ring (bicyclic) bond motifs is 1. The smallest absolute Gasteiger partial charge is 0.275 e. The van der Waals surface area contributed by atoms with Crippen LogP contribution < -0.4 is 5.32 Å². The third-order valence-electron chi connectivity index (χ3n) is 3.04. The number of aryl methyl sites for hydroxylation is 1. The highest BCUT2D eigenvalue weighted by Crippen LogP contribution is 2.27. The predicted octanol–water partition coefficient (Wildman–Crippen LogP) is 3.35. The summed E-state index contributed by atoms with van der Waals surface area (Å²) >= 11 is 0. The highest BCUT2D eigenvalue weighted by molar-refractivity contribution is 6.54. The highest BCUT2D eigenvalue weighted by Gasteiger charge is 2.26. The number of nitrogens with one attached hydrogen (secondary N) is 1. The van der Waals surface area contributed by atoms with E-state index in [-0.39, 0.29) is 11.4 Å². The Morgan fingerprint density at radius 1 is 1.10 bits per heavy atom. The third kappa shape index (κ3) is 2.07. The molecule has 3 nitrogen and oxygen atoms in total. The summed E-state index contributed by atoms with van der Waals surface area (Å²) in [4.78, 5) is 15.9. The van der Waals surface area contributed by atoms with Crippen LogP contribution in [0.15, 0.2) is 41.4 Å². The van der Waals surface area contributed by atoms with Gasteiger partial charge in [0.25, 0.3) is 5.91 Å². The van der Waals surface area contributed by atoms with Crippen LogP contribution in [0.3, 0.4) is 0 Å². The molecular formula is C15H10F2N2O. The van der Waals surface area contributed by atoms with Gasteiger partial charge in [0.15, 0.2) is 5.82 Å². The standard InChI is InChI=1S/C15H10F2N2O/c1-8-2-4-12-10(6-8)14(15(20)19-12)18-13-5-3-9(16)7-11(13)17/h2-7H,1H3,(H,18,19,20). The lowest BCUT2D eigenvalue weighted by molar-refractivity contribution is -0.110. The zero-order valence-electron chi connectivity index (χ0n) is 10.6. The Hall–Kier alpha value is -2.56. The van der Waals surface area contributed by atoms with Gasteiger partial charge < -0.3 is 5.32 Å². The molecule has 1 amide bonds. The summed E-state index contributed by atoms with van der Waals surface area (Å²) in [5.74, 6) is -1.88. The fourth-order valence-corrected chi connectivity index (χ4v) is 2.07. The zero-order valence-corrected chi connectivity index (χ0v) is 10.6. The predicted molar refractivity (Wildman–Crippen MR) is 72.4 cm³/mol. The number of carbonyl (C=O) groups is 1. The van der Waals surface area contributed by atoms with Crippen LogP contribution in [0.25, 0.3) is 0 Å². The number of nitrogens with zero attached hydrogens (tertiary/aromatic N) is 1. The van der Waals surface area contributed by atoms with Crippen LogP contribution in [-0.2, 0) is 4.79 Å². The lowest BCUT2D eigenvalue weighted by Gasteiger charge is -2.01. The van der Waals surface area contributed by atoms with Crippen molar-refractivity contribution in [2.24, 2.45) is 4.99 Å². The Bertz CT molecular complexity index is 754. The van der Waals surface area contributed by atoms with Crippen molar-refractivity contribution in [3.05, 3.63) is 59.2 Å². The first-order valence-electron chi connectivity index (χ1n) is 6.01. The summed E-state index contributed by atoms with van der Waals surface area (Å²) in [6.45, 7) is 1.89. The van der Waals surface area contributed by atoms with Crippen LogP contribution >= 0.6 is 0 Å². The van der Waals surface area contributed by atoms with Crippen molar-refractivity contribution in [3.63, 3.8) is 0 Å². The second-order valence-corrected chi connectivity index (χ2v) is 4.56. The molecule has 0 aromatic heterocycles. The number of aliphatic imine (C=N–C) groups is 1. The van der Waals surface area contributed by atoms with E-state index < -0.39 is 17.5 Å². The molecule has 0 bridgehead atoms. The Kier molecular flexibility index (Phi) is 2.82. The van der Waals surface area contributed by atoms with E-state index in [1.165, 1.54) is 6.07 Å². The van der Waals surface area contributed by atoms with E-state index in [4.69, 9.17) is 0 Å². The van der Waals surface area contributed by atoms with Crippen LogP contribution in [0.4, 0.5) is 20.2 Å². The summed E-state index contributed by atoms with van der Waals surface area (Å²) in [5, 5.41) is 2.66. The second-order valence-electron chi connectivity index (χ2n) is 4.56. The van der Waals surface area contributed by atoms with Crippen molar-refractivity contribution in [2.75, 3.05) is 5.32 Å². The van der Waals surface area contributed by atoms with Crippen LogP contribution in [-0.4, -0.2) is 11.6 Å². The van der Waals surface area contributed by atoms with Gasteiger partial charge in [-0.15, -0.1) is 0 Å². The van der Waals surface area contributed by atoms with E-state index >= 15 is 0 Å². The van der Waals surface area contributed by atoms with Crippen molar-refractivity contribution in [1.82, 2.24) is 0 Å². The number of halogens is 2. The van der Waals surface area contributed by atoms with E-state index in [1.807, 2.05) is 13.0 Å². The van der Waals surface area contributed by atoms with Gasteiger partial charge in [-0.05, 0) is 31.2 Å². The molecule has 1 aliphatic rings. The lowest BCUT2D eigenvalue weighted by Crippen LogP contribution is -2.14. The lowest BCUT2D eigenvalue weighted by atomic mass is 10.1. The first-order valence-corrected chi connectivity index (χ1v) is 6.01. The van der Waals surface area contributed by atoms with Crippen molar-refractivity contribution in [3.8, 4) is 0 Å². The molecule has 0 fully saturated rings. The maximum absolute atomic E-state index is 13.6. The monoisotopic (exact) mass is 272 g/mol. The first-order chi connectivity index (χ1) is 9.54. The van der Waals surface area contributed by atoms with E-state index in [1.54, 1.807) is 12.1 Å². The second kappa shape index (κ2) is 4.52. The van der Waals surface area contributed by atoms with Gasteiger partial charge in [0.05, 0.1) is 11.4 Å². The molecular weight excluding hydrogens is 262 g/mol. The molecule has 2 aromatic rings. The van der Waals surface area contributed by atoms with Crippen LogP contribution in [0.5, 0.6) is 0 Å². The van der Waals surface area contributed by atoms with Gasteiger partial charge >= 0.3 is 0 Å². The van der Waals surface area contributed by atoms with Crippen LogP contribution in [0.2, 0.25) is 0 Å². The first kappa shape index (κ1) is 12.5. The van der Waals surface area contributed by atoms with Gasteiger partial charge in [-0.2, -0.15) is 0 Å². The number of carbonyl (C=O) groups excluding carboxylic acids is 1. The van der Waals surface area contributed by atoms with Gasteiger partial charge in [-0.3, -0.25) is 4.79 Å². The van der Waals surface area contributed by atoms with Gasteiger partial charge in [-0.1, -0.05) is 11.6 Å². The molecule has 20 heavy (non-hydrogen) atoms. The number of hydrogen-bond donors (Lipinski definition) is 1. The Morgan fingerprint density at radius 3 is 2.65 bits per heavy atom. The molecule has 3 rings (SSSR count). The quantitative estimate of drug-likeness (QED) is 0.849. The van der Waals surface area contributed by atoms with E-state index in [2.05, 4.69) is 10.3 Å². The molecule has 1 aliphatic heterocycles. The van der Waals surface area contributed by atoms with Crippen molar-refractivity contribution >= 4 is 23.0 Å². The minimum atomic E-state index is -0.800. The molecule has 0 atom stereocenters. The van der Waals surface area contributed by atoms with Crippen LogP contribution in [0, 0.1) is 18.6 Å². The molecule has 0 aliphatic carbocycles. The Morgan fingerprint density at radius 2 is 1.90 bits per heavy atom. The maximum atomic E-state index is 13.6. The molecule has 0 unspecified atom stereocenters. The number of amides is 1.